The number of ether oxygens (including phenoxy) is 1. The highest BCUT2D eigenvalue weighted by Crippen LogP contribution is 2.31. The van der Waals surface area contributed by atoms with Crippen molar-refractivity contribution in [1.82, 2.24) is 9.97 Å². The number of aliphatic hydroxyl groups excluding tert-OH is 1. The number of anilines is 1. The first-order valence-electron chi connectivity index (χ1n) is 7.34. The summed E-state index contributed by atoms with van der Waals surface area (Å²) < 4.78 is 43.7. The SMILES string of the molecule is CC(C)Oc1nccnc1NCC(O)c1cccc(C(F)(F)F)c1. The van der Waals surface area contributed by atoms with E-state index >= 15 is 0 Å². The molecular weight excluding hydrogens is 323 g/mol. The quantitative estimate of drug-likeness (QED) is 0.843. The van der Waals surface area contributed by atoms with Gasteiger partial charge in [0.2, 0.25) is 0 Å². The molecule has 1 aromatic heterocycles. The van der Waals surface area contributed by atoms with Crippen molar-refractivity contribution < 1.29 is 23.0 Å². The second-order valence-corrected chi connectivity index (χ2v) is 5.40. The van der Waals surface area contributed by atoms with Crippen LogP contribution in [0.3, 0.4) is 0 Å². The Morgan fingerprint density at radius 1 is 1.21 bits per heavy atom. The molecule has 1 unspecified atom stereocenters. The van der Waals surface area contributed by atoms with Crippen molar-refractivity contribution in [2.45, 2.75) is 32.2 Å². The summed E-state index contributed by atoms with van der Waals surface area (Å²) in [5.41, 5.74) is -0.644. The van der Waals surface area contributed by atoms with Crippen LogP contribution in [0.25, 0.3) is 0 Å². The molecule has 0 aliphatic carbocycles. The van der Waals surface area contributed by atoms with E-state index < -0.39 is 17.8 Å². The third-order valence-corrected chi connectivity index (χ3v) is 3.07. The van der Waals surface area contributed by atoms with E-state index in [2.05, 4.69) is 15.3 Å². The topological polar surface area (TPSA) is 67.3 Å². The Morgan fingerprint density at radius 2 is 1.92 bits per heavy atom. The van der Waals surface area contributed by atoms with Gasteiger partial charge in [0.05, 0.1) is 17.8 Å². The molecule has 0 saturated carbocycles. The molecular formula is C16H18F3N3O2. The van der Waals surface area contributed by atoms with Crippen molar-refractivity contribution in [2.24, 2.45) is 0 Å². The largest absolute Gasteiger partial charge is 0.472 e. The lowest BCUT2D eigenvalue weighted by molar-refractivity contribution is -0.137. The first-order chi connectivity index (χ1) is 11.3. The minimum atomic E-state index is -4.45. The summed E-state index contributed by atoms with van der Waals surface area (Å²) in [7, 11) is 0. The Bertz CT molecular complexity index is 678. The maximum absolute atomic E-state index is 12.7. The third kappa shape index (κ3) is 4.82. The molecule has 0 amide bonds. The van der Waals surface area contributed by atoms with E-state index in [0.29, 0.717) is 5.82 Å². The van der Waals surface area contributed by atoms with E-state index in [0.717, 1.165) is 12.1 Å². The van der Waals surface area contributed by atoms with Crippen LogP contribution in [0.15, 0.2) is 36.7 Å². The van der Waals surface area contributed by atoms with E-state index in [9.17, 15) is 18.3 Å². The van der Waals surface area contributed by atoms with Gasteiger partial charge in [-0.3, -0.25) is 0 Å². The van der Waals surface area contributed by atoms with Gasteiger partial charge < -0.3 is 15.2 Å². The molecule has 8 heteroatoms. The Morgan fingerprint density at radius 3 is 2.58 bits per heavy atom. The van der Waals surface area contributed by atoms with E-state index in [-0.39, 0.29) is 24.1 Å². The number of rotatable bonds is 6. The second kappa shape index (κ2) is 7.48. The zero-order chi connectivity index (χ0) is 17.7. The van der Waals surface area contributed by atoms with Crippen LogP contribution in [-0.4, -0.2) is 27.7 Å². The molecule has 130 valence electrons. The summed E-state index contributed by atoms with van der Waals surface area (Å²) >= 11 is 0. The van der Waals surface area contributed by atoms with Gasteiger partial charge in [0.1, 0.15) is 0 Å². The lowest BCUT2D eigenvalue weighted by atomic mass is 10.1. The standard InChI is InChI=1S/C16H18F3N3O2/c1-10(2)24-15-14(20-6-7-21-15)22-9-13(23)11-4-3-5-12(8-11)16(17,18)19/h3-8,10,13,23H,9H2,1-2H3,(H,20,22). The van der Waals surface area contributed by atoms with Crippen LogP contribution >= 0.6 is 0 Å². The van der Waals surface area contributed by atoms with E-state index in [1.54, 1.807) is 0 Å². The molecule has 0 aliphatic rings. The van der Waals surface area contributed by atoms with Crippen molar-refractivity contribution in [3.63, 3.8) is 0 Å². The number of hydrogen-bond donors (Lipinski definition) is 2. The van der Waals surface area contributed by atoms with Gasteiger partial charge in [-0.05, 0) is 31.5 Å². The molecule has 24 heavy (non-hydrogen) atoms. The number of aliphatic hydroxyl groups is 1. The number of aromatic nitrogens is 2. The van der Waals surface area contributed by atoms with Gasteiger partial charge in [-0.1, -0.05) is 12.1 Å². The van der Waals surface area contributed by atoms with Gasteiger partial charge in [-0.2, -0.15) is 13.2 Å². The number of hydrogen-bond acceptors (Lipinski definition) is 5. The second-order valence-electron chi connectivity index (χ2n) is 5.40. The van der Waals surface area contributed by atoms with Crippen molar-refractivity contribution in [2.75, 3.05) is 11.9 Å². The van der Waals surface area contributed by atoms with Gasteiger partial charge >= 0.3 is 6.18 Å². The molecule has 1 atom stereocenters. The molecule has 2 N–H and O–H groups in total. The highest BCUT2D eigenvalue weighted by molar-refractivity contribution is 5.45. The van der Waals surface area contributed by atoms with E-state index in [1.165, 1.54) is 24.5 Å². The van der Waals surface area contributed by atoms with Gasteiger partial charge in [-0.15, -0.1) is 0 Å². The molecule has 2 aromatic rings. The van der Waals surface area contributed by atoms with Crippen LogP contribution < -0.4 is 10.1 Å². The number of halogens is 3. The van der Waals surface area contributed by atoms with Crippen molar-refractivity contribution in [1.29, 1.82) is 0 Å². The predicted octanol–water partition coefficient (Wildman–Crippen LogP) is 3.43. The number of benzene rings is 1. The zero-order valence-electron chi connectivity index (χ0n) is 13.2. The number of nitrogens with zero attached hydrogens (tertiary/aromatic N) is 2. The lowest BCUT2D eigenvalue weighted by Crippen LogP contribution is -2.16. The fourth-order valence-electron chi connectivity index (χ4n) is 1.99. The minimum absolute atomic E-state index is 0.0333. The van der Waals surface area contributed by atoms with Gasteiger partial charge in [0, 0.05) is 18.9 Å². The Balaban J connectivity index is 2.08. The fourth-order valence-corrected chi connectivity index (χ4v) is 1.99. The third-order valence-electron chi connectivity index (χ3n) is 3.07. The molecule has 0 radical (unpaired) electrons. The van der Waals surface area contributed by atoms with E-state index in [1.807, 2.05) is 13.8 Å². The Labute approximate surface area is 137 Å². The maximum atomic E-state index is 12.7. The van der Waals surface area contributed by atoms with Gasteiger partial charge in [-0.25, -0.2) is 9.97 Å². The molecule has 0 saturated heterocycles. The molecule has 0 bridgehead atoms. The zero-order valence-corrected chi connectivity index (χ0v) is 13.2. The van der Waals surface area contributed by atoms with Crippen molar-refractivity contribution >= 4 is 5.82 Å². The van der Waals surface area contributed by atoms with Crippen LogP contribution in [0, 0.1) is 0 Å². The first kappa shape index (κ1) is 18.0. The van der Waals surface area contributed by atoms with Gasteiger partial charge in [0.25, 0.3) is 5.88 Å². The normalized spacial score (nSPS) is 13.0. The summed E-state index contributed by atoms with van der Waals surface area (Å²) in [5.74, 6) is 0.584. The van der Waals surface area contributed by atoms with Crippen LogP contribution in [-0.2, 0) is 6.18 Å². The molecule has 2 rings (SSSR count). The summed E-state index contributed by atoms with van der Waals surface area (Å²) in [6.07, 6.45) is -2.79. The molecule has 0 aliphatic heterocycles. The predicted molar refractivity (Wildman–Crippen MR) is 82.7 cm³/mol. The van der Waals surface area contributed by atoms with Gasteiger partial charge in [0.15, 0.2) is 5.82 Å². The van der Waals surface area contributed by atoms with Crippen LogP contribution in [0.1, 0.15) is 31.1 Å². The monoisotopic (exact) mass is 341 g/mol. The van der Waals surface area contributed by atoms with Crippen LogP contribution in [0.4, 0.5) is 19.0 Å². The summed E-state index contributed by atoms with van der Waals surface area (Å²) in [4.78, 5) is 8.10. The lowest BCUT2D eigenvalue weighted by Gasteiger charge is -2.16. The maximum Gasteiger partial charge on any atom is 0.416 e. The summed E-state index contributed by atoms with van der Waals surface area (Å²) in [6.45, 7) is 3.63. The molecule has 5 nitrogen and oxygen atoms in total. The smallest absolute Gasteiger partial charge is 0.416 e. The molecule has 0 spiro atoms. The van der Waals surface area contributed by atoms with Crippen LogP contribution in [0.2, 0.25) is 0 Å². The highest BCUT2D eigenvalue weighted by atomic mass is 19.4. The van der Waals surface area contributed by atoms with Crippen LogP contribution in [0.5, 0.6) is 5.88 Å². The Hall–Kier alpha value is -2.35. The Kier molecular flexibility index (Phi) is 5.61. The molecule has 1 aromatic carbocycles. The summed E-state index contributed by atoms with van der Waals surface area (Å²) in [5, 5.41) is 13.0. The average Bonchev–Trinajstić information content (AvgIpc) is 2.52. The molecule has 1 heterocycles. The molecule has 0 fully saturated rings. The first-order valence-corrected chi connectivity index (χ1v) is 7.34. The highest BCUT2D eigenvalue weighted by Gasteiger charge is 2.30. The number of alkyl halides is 3. The summed E-state index contributed by atoms with van der Waals surface area (Å²) in [6, 6.07) is 4.58. The fraction of sp³-hybridized carbons (Fsp3) is 0.375. The average molecular weight is 341 g/mol. The number of nitrogens with one attached hydrogen (secondary N) is 1. The van der Waals surface area contributed by atoms with E-state index in [4.69, 9.17) is 4.74 Å². The minimum Gasteiger partial charge on any atom is -0.472 e. The van der Waals surface area contributed by atoms with Crippen molar-refractivity contribution in [3.8, 4) is 5.88 Å². The van der Waals surface area contributed by atoms with Crippen molar-refractivity contribution in [3.05, 3.63) is 47.8 Å².